The van der Waals surface area contributed by atoms with Crippen LogP contribution in [0.5, 0.6) is 0 Å². The van der Waals surface area contributed by atoms with Crippen molar-refractivity contribution in [3.05, 3.63) is 32.7 Å². The first-order valence-electron chi connectivity index (χ1n) is 5.77. The van der Waals surface area contributed by atoms with Gasteiger partial charge < -0.3 is 5.32 Å². The van der Waals surface area contributed by atoms with E-state index in [1.807, 2.05) is 18.2 Å². The molecule has 0 fully saturated rings. The van der Waals surface area contributed by atoms with Crippen molar-refractivity contribution < 1.29 is 4.79 Å². The van der Waals surface area contributed by atoms with Gasteiger partial charge in [-0.2, -0.15) is 0 Å². The highest BCUT2D eigenvalue weighted by Crippen LogP contribution is 2.20. The molecule has 0 aliphatic carbocycles. The zero-order chi connectivity index (χ0) is 13.7. The zero-order valence-electron chi connectivity index (χ0n) is 10.3. The van der Waals surface area contributed by atoms with E-state index in [-0.39, 0.29) is 5.91 Å². The highest BCUT2D eigenvalue weighted by atomic mass is 79.9. The van der Waals surface area contributed by atoms with Crippen LogP contribution in [0.4, 0.5) is 0 Å². The Morgan fingerprint density at radius 1 is 1.22 bits per heavy atom. The van der Waals surface area contributed by atoms with Crippen molar-refractivity contribution >= 4 is 53.7 Å². The maximum atomic E-state index is 12.0. The summed E-state index contributed by atoms with van der Waals surface area (Å²) in [6, 6.07) is 5.53. The lowest BCUT2D eigenvalue weighted by Gasteiger charge is -2.13. The molecule has 100 valence electrons. The van der Waals surface area contributed by atoms with E-state index < -0.39 is 0 Å². The first-order valence-corrected chi connectivity index (χ1v) is 8.27. The van der Waals surface area contributed by atoms with E-state index in [1.54, 1.807) is 0 Å². The predicted octanol–water partition coefficient (Wildman–Crippen LogP) is 4.75. The second kappa shape index (κ2) is 7.65. The average Bonchev–Trinajstić information content (AvgIpc) is 2.23. The first kappa shape index (κ1) is 16.2. The van der Waals surface area contributed by atoms with Crippen molar-refractivity contribution in [1.82, 2.24) is 5.32 Å². The van der Waals surface area contributed by atoms with Crippen molar-refractivity contribution in [2.45, 2.75) is 25.1 Å². The number of rotatable bonds is 5. The summed E-state index contributed by atoms with van der Waals surface area (Å²) >= 11 is 10.3. The molecule has 2 nitrogen and oxygen atoms in total. The summed E-state index contributed by atoms with van der Waals surface area (Å²) in [5, 5.41) is 2.93. The maximum Gasteiger partial charge on any atom is 0.251 e. The fourth-order valence-electron chi connectivity index (χ4n) is 1.59. The summed E-state index contributed by atoms with van der Waals surface area (Å²) in [5.41, 5.74) is 0.653. The van der Waals surface area contributed by atoms with Crippen molar-refractivity contribution in [2.24, 2.45) is 5.92 Å². The molecule has 1 amide bonds. The molecule has 1 aromatic rings. The Morgan fingerprint density at radius 2 is 1.78 bits per heavy atom. The number of nitrogens with one attached hydrogen (secondary N) is 1. The first-order chi connectivity index (χ1) is 8.38. The highest BCUT2D eigenvalue weighted by molar-refractivity contribution is 9.11. The molecule has 0 aliphatic heterocycles. The fraction of sp³-hybridized carbons (Fsp3) is 0.462. The largest absolute Gasteiger partial charge is 0.351 e. The Hall–Kier alpha value is 0.130. The summed E-state index contributed by atoms with van der Waals surface area (Å²) in [5.74, 6) is 0.566. The molecule has 1 N–H and O–H groups in total. The quantitative estimate of drug-likeness (QED) is 0.656. The van der Waals surface area contributed by atoms with Gasteiger partial charge in [0.1, 0.15) is 0 Å². The Bertz CT molecular complexity index is 400. The maximum absolute atomic E-state index is 12.0. The molecular weight excluding hydrogens is 426 g/mol. The number of carbonyl (C=O) groups excluding carboxylic acids is 1. The molecule has 0 aromatic heterocycles. The van der Waals surface area contributed by atoms with Crippen LogP contribution in [0.15, 0.2) is 27.1 Å². The van der Waals surface area contributed by atoms with Gasteiger partial charge in [0, 0.05) is 25.9 Å². The van der Waals surface area contributed by atoms with Crippen LogP contribution >= 0.6 is 47.8 Å². The Morgan fingerprint density at radius 3 is 2.28 bits per heavy atom. The van der Waals surface area contributed by atoms with Crippen molar-refractivity contribution in [2.75, 3.05) is 6.54 Å². The van der Waals surface area contributed by atoms with Crippen molar-refractivity contribution in [3.63, 3.8) is 0 Å². The van der Waals surface area contributed by atoms with Crippen LogP contribution in [0.2, 0.25) is 0 Å². The van der Waals surface area contributed by atoms with E-state index >= 15 is 0 Å². The summed E-state index contributed by atoms with van der Waals surface area (Å²) in [6.45, 7) is 4.98. The van der Waals surface area contributed by atoms with Gasteiger partial charge in [-0.15, -0.1) is 0 Å². The molecule has 0 saturated heterocycles. The normalized spacial score (nSPS) is 12.6. The van der Waals surface area contributed by atoms with E-state index in [0.717, 1.165) is 15.4 Å². The minimum Gasteiger partial charge on any atom is -0.351 e. The third-order valence-corrected chi connectivity index (χ3v) is 3.95. The fourth-order valence-corrected chi connectivity index (χ4v) is 3.79. The molecule has 1 rings (SSSR count). The van der Waals surface area contributed by atoms with Gasteiger partial charge in [0.2, 0.25) is 0 Å². The molecule has 0 saturated carbocycles. The van der Waals surface area contributed by atoms with E-state index in [4.69, 9.17) is 0 Å². The molecule has 1 aromatic carbocycles. The van der Waals surface area contributed by atoms with Crippen LogP contribution in [0.3, 0.4) is 0 Å². The monoisotopic (exact) mass is 439 g/mol. The summed E-state index contributed by atoms with van der Waals surface area (Å²) in [6.07, 6.45) is 1.04. The van der Waals surface area contributed by atoms with Crippen LogP contribution < -0.4 is 5.32 Å². The van der Waals surface area contributed by atoms with Crippen LogP contribution in [0.25, 0.3) is 0 Å². The third kappa shape index (κ3) is 5.85. The Kier molecular flexibility index (Phi) is 6.88. The molecular formula is C13H16Br3NO. The lowest BCUT2D eigenvalue weighted by molar-refractivity contribution is 0.0953. The van der Waals surface area contributed by atoms with Gasteiger partial charge in [-0.3, -0.25) is 4.79 Å². The van der Waals surface area contributed by atoms with Gasteiger partial charge in [-0.25, -0.2) is 0 Å². The highest BCUT2D eigenvalue weighted by Gasteiger charge is 2.11. The Balaban J connectivity index is 2.55. The van der Waals surface area contributed by atoms with Gasteiger partial charge in [0.25, 0.3) is 5.91 Å². The topological polar surface area (TPSA) is 29.1 Å². The predicted molar refractivity (Wildman–Crippen MR) is 86.3 cm³/mol. The third-order valence-electron chi connectivity index (χ3n) is 2.34. The molecule has 5 heteroatoms. The standard InChI is InChI=1S/C13H16Br3NO/c1-8(2)3-12(16)7-17-13(18)9-4-10(14)6-11(15)5-9/h4-6,8,12H,3,7H2,1-2H3,(H,17,18). The van der Waals surface area contributed by atoms with E-state index in [9.17, 15) is 4.79 Å². The molecule has 0 heterocycles. The van der Waals surface area contributed by atoms with Crippen LogP contribution in [0, 0.1) is 5.92 Å². The van der Waals surface area contributed by atoms with E-state index in [0.29, 0.717) is 22.9 Å². The zero-order valence-corrected chi connectivity index (χ0v) is 15.1. The van der Waals surface area contributed by atoms with Crippen LogP contribution in [-0.2, 0) is 0 Å². The second-order valence-electron chi connectivity index (χ2n) is 4.59. The number of hydrogen-bond donors (Lipinski definition) is 1. The van der Waals surface area contributed by atoms with Crippen LogP contribution in [-0.4, -0.2) is 17.3 Å². The second-order valence-corrected chi connectivity index (χ2v) is 7.72. The molecule has 0 bridgehead atoms. The van der Waals surface area contributed by atoms with Crippen LogP contribution in [0.1, 0.15) is 30.6 Å². The molecule has 0 aliphatic rings. The molecule has 1 atom stereocenters. The van der Waals surface area contributed by atoms with Crippen molar-refractivity contribution in [3.8, 4) is 0 Å². The molecule has 18 heavy (non-hydrogen) atoms. The summed E-state index contributed by atoms with van der Waals surface area (Å²) in [4.78, 5) is 12.3. The SMILES string of the molecule is CC(C)CC(Br)CNC(=O)c1cc(Br)cc(Br)c1. The smallest absolute Gasteiger partial charge is 0.251 e. The number of benzene rings is 1. The van der Waals surface area contributed by atoms with Gasteiger partial charge in [-0.1, -0.05) is 61.6 Å². The average molecular weight is 442 g/mol. The number of halogens is 3. The molecule has 1 unspecified atom stereocenters. The van der Waals surface area contributed by atoms with Gasteiger partial charge in [0.15, 0.2) is 0 Å². The lowest BCUT2D eigenvalue weighted by atomic mass is 10.1. The van der Waals surface area contributed by atoms with Gasteiger partial charge in [-0.05, 0) is 30.5 Å². The minimum atomic E-state index is -0.0507. The molecule has 0 radical (unpaired) electrons. The van der Waals surface area contributed by atoms with Gasteiger partial charge >= 0.3 is 0 Å². The number of amides is 1. The summed E-state index contributed by atoms with van der Waals surface area (Å²) < 4.78 is 1.78. The summed E-state index contributed by atoms with van der Waals surface area (Å²) in [7, 11) is 0. The Labute approximate surface area is 133 Å². The minimum absolute atomic E-state index is 0.0507. The van der Waals surface area contributed by atoms with E-state index in [1.165, 1.54) is 0 Å². The van der Waals surface area contributed by atoms with E-state index in [2.05, 4.69) is 67.0 Å². The number of carbonyl (C=O) groups is 1. The van der Waals surface area contributed by atoms with Crippen molar-refractivity contribution in [1.29, 1.82) is 0 Å². The number of hydrogen-bond acceptors (Lipinski definition) is 1. The number of alkyl halides is 1. The molecule has 0 spiro atoms. The van der Waals surface area contributed by atoms with Gasteiger partial charge in [0.05, 0.1) is 0 Å². The lowest BCUT2D eigenvalue weighted by Crippen LogP contribution is -2.30.